The number of carboxylic acid groups (broad SMARTS) is 1. The molecule has 6 N–H and O–H groups in total. The quantitative estimate of drug-likeness (QED) is 0.118. The van der Waals surface area contributed by atoms with E-state index in [1.54, 1.807) is 32.0 Å². The Hall–Kier alpha value is -5.38. The van der Waals surface area contributed by atoms with Crippen LogP contribution in [0.15, 0.2) is 107 Å². The van der Waals surface area contributed by atoms with E-state index in [9.17, 15) is 19.2 Å². The average Bonchev–Trinajstić information content (AvgIpc) is 3.60. The fourth-order valence-corrected chi connectivity index (χ4v) is 5.54. The molecule has 0 saturated heterocycles. The molecule has 0 fully saturated rings. The van der Waals surface area contributed by atoms with Crippen molar-refractivity contribution in [2.24, 2.45) is 0 Å². The number of carbonyl (C=O) groups excluding carboxylic acids is 3. The Labute approximate surface area is 307 Å². The van der Waals surface area contributed by atoms with Crippen molar-refractivity contribution in [2.45, 2.75) is 53.4 Å². The number of aryl methyl sites for hydroxylation is 2. The molecule has 0 spiro atoms. The minimum absolute atomic E-state index is 0.114. The number of hydrogen-bond acceptors (Lipinski definition) is 7. The van der Waals surface area contributed by atoms with Gasteiger partial charge in [0, 0.05) is 52.3 Å². The number of nitrogens with two attached hydrogens (primary N) is 1. The number of Topliss-reactive ketones (excluding diaryl/α,β-unsaturated/α-hetero) is 2. The third-order valence-electron chi connectivity index (χ3n) is 8.54. The van der Waals surface area contributed by atoms with Crippen LogP contribution in [0.1, 0.15) is 71.4 Å². The van der Waals surface area contributed by atoms with Gasteiger partial charge in [-0.25, -0.2) is 4.79 Å². The van der Waals surface area contributed by atoms with Gasteiger partial charge in [-0.1, -0.05) is 59.6 Å². The van der Waals surface area contributed by atoms with Gasteiger partial charge in [0.05, 0.1) is 27.0 Å². The molecule has 2 aliphatic rings. The summed E-state index contributed by atoms with van der Waals surface area (Å²) in [6, 6.07) is 24.9. The van der Waals surface area contributed by atoms with Crippen molar-refractivity contribution in [3.63, 3.8) is 0 Å². The zero-order chi connectivity index (χ0) is 37.2. The van der Waals surface area contributed by atoms with Gasteiger partial charge in [-0.3, -0.25) is 14.4 Å². The first-order valence-electron chi connectivity index (χ1n) is 16.3. The number of carboxylic acids is 1. The number of carbonyl (C=O) groups is 4. The summed E-state index contributed by atoms with van der Waals surface area (Å²) in [6.45, 7) is 7.50. The third-order valence-corrected chi connectivity index (χ3v) is 9.20. The molecule has 0 saturated carbocycles. The van der Waals surface area contributed by atoms with Crippen LogP contribution in [-0.4, -0.2) is 28.5 Å². The second-order valence-corrected chi connectivity index (χ2v) is 12.9. The topological polar surface area (TPSA) is 151 Å². The van der Waals surface area contributed by atoms with E-state index in [0.29, 0.717) is 58.2 Å². The van der Waals surface area contributed by atoms with Crippen LogP contribution in [0.25, 0.3) is 0 Å². The normalized spacial score (nSPS) is 13.6. The number of ketones is 2. The zero-order valence-electron chi connectivity index (χ0n) is 28.8. The second kappa shape index (κ2) is 17.5. The number of hydrogen-bond donors (Lipinski definition) is 5. The fourth-order valence-electron chi connectivity index (χ4n) is 5.21. The van der Waals surface area contributed by atoms with E-state index in [1.165, 1.54) is 18.2 Å². The minimum Gasteiger partial charge on any atom is -0.478 e. The van der Waals surface area contributed by atoms with Gasteiger partial charge in [0.25, 0.3) is 5.91 Å². The summed E-state index contributed by atoms with van der Waals surface area (Å²) in [6.07, 6.45) is 2.31. The highest BCUT2D eigenvalue weighted by Gasteiger charge is 2.21. The van der Waals surface area contributed by atoms with Crippen LogP contribution in [0.3, 0.4) is 0 Å². The molecule has 264 valence electrons. The molecule has 4 aromatic rings. The van der Waals surface area contributed by atoms with Crippen molar-refractivity contribution in [3.05, 3.63) is 140 Å². The number of allylic oxidation sites excluding steroid dienone is 4. The largest absolute Gasteiger partial charge is 0.478 e. The van der Waals surface area contributed by atoms with E-state index in [-0.39, 0.29) is 23.0 Å². The van der Waals surface area contributed by atoms with Crippen LogP contribution in [0, 0.1) is 13.8 Å². The SMILES string of the molecule is CC1=C(Nc2cc(C(=O)Nc3ccccc3C)ccc2Cl)CCC1=O.CC1=C(Nc2cc(C(=O)O)ccc2Cl)CCC1=O.Cc1ccccc1N. The van der Waals surface area contributed by atoms with Crippen molar-refractivity contribution in [3.8, 4) is 0 Å². The number of aromatic carboxylic acids is 1. The Morgan fingerprint density at radius 1 is 0.627 bits per heavy atom. The van der Waals surface area contributed by atoms with Gasteiger partial charge in [-0.05, 0) is 100 Å². The highest BCUT2D eigenvalue weighted by Crippen LogP contribution is 2.31. The molecular weight excluding hydrogens is 687 g/mol. The minimum atomic E-state index is -1.01. The van der Waals surface area contributed by atoms with Crippen molar-refractivity contribution < 1.29 is 24.3 Å². The van der Waals surface area contributed by atoms with E-state index in [2.05, 4.69) is 16.0 Å². The lowest BCUT2D eigenvalue weighted by Gasteiger charge is -2.13. The number of benzene rings is 4. The molecule has 2 aliphatic carbocycles. The highest BCUT2D eigenvalue weighted by molar-refractivity contribution is 6.34. The number of para-hydroxylation sites is 2. The van der Waals surface area contributed by atoms with E-state index in [4.69, 9.17) is 34.0 Å². The van der Waals surface area contributed by atoms with Gasteiger partial charge >= 0.3 is 5.97 Å². The van der Waals surface area contributed by atoms with Gasteiger partial charge in [0.1, 0.15) is 0 Å². The Morgan fingerprint density at radius 2 is 1.10 bits per heavy atom. The lowest BCUT2D eigenvalue weighted by Crippen LogP contribution is -2.13. The van der Waals surface area contributed by atoms with Crippen LogP contribution >= 0.6 is 23.2 Å². The Balaban J connectivity index is 0.000000194. The molecule has 51 heavy (non-hydrogen) atoms. The number of nitrogens with one attached hydrogen (secondary N) is 3. The molecule has 0 unspecified atom stereocenters. The van der Waals surface area contributed by atoms with Crippen LogP contribution in [0.4, 0.5) is 22.7 Å². The maximum Gasteiger partial charge on any atom is 0.335 e. The predicted octanol–water partition coefficient (Wildman–Crippen LogP) is 9.61. The highest BCUT2D eigenvalue weighted by atomic mass is 35.5. The number of rotatable bonds is 7. The summed E-state index contributed by atoms with van der Waals surface area (Å²) in [5, 5.41) is 19.0. The number of amides is 1. The number of nitrogen functional groups attached to an aromatic ring is 1. The van der Waals surface area contributed by atoms with E-state index in [1.807, 2.05) is 62.4 Å². The van der Waals surface area contributed by atoms with Gasteiger partial charge in [-0.2, -0.15) is 0 Å². The van der Waals surface area contributed by atoms with Gasteiger partial charge in [-0.15, -0.1) is 0 Å². The molecule has 0 radical (unpaired) electrons. The maximum absolute atomic E-state index is 12.5. The van der Waals surface area contributed by atoms with E-state index in [0.717, 1.165) is 39.5 Å². The van der Waals surface area contributed by atoms with Gasteiger partial charge < -0.3 is 26.8 Å². The summed E-state index contributed by atoms with van der Waals surface area (Å²) in [4.78, 5) is 46.5. The van der Waals surface area contributed by atoms with Crippen molar-refractivity contribution >= 4 is 69.4 Å². The van der Waals surface area contributed by atoms with Crippen LogP contribution in [0.5, 0.6) is 0 Å². The van der Waals surface area contributed by atoms with Crippen LogP contribution < -0.4 is 21.7 Å². The fraction of sp³-hybridized carbons (Fsp3) is 0.200. The van der Waals surface area contributed by atoms with Gasteiger partial charge in [0.15, 0.2) is 11.6 Å². The molecule has 0 aromatic heterocycles. The molecule has 1 amide bonds. The molecule has 4 aromatic carbocycles. The zero-order valence-corrected chi connectivity index (χ0v) is 30.3. The summed E-state index contributed by atoms with van der Waals surface area (Å²) < 4.78 is 0. The lowest BCUT2D eigenvalue weighted by atomic mass is 10.1. The van der Waals surface area contributed by atoms with Crippen LogP contribution in [-0.2, 0) is 9.59 Å². The first kappa shape index (κ1) is 38.4. The number of halogens is 2. The smallest absolute Gasteiger partial charge is 0.335 e. The Morgan fingerprint density at radius 3 is 1.53 bits per heavy atom. The Bertz CT molecular complexity index is 2030. The predicted molar refractivity (Wildman–Crippen MR) is 206 cm³/mol. The van der Waals surface area contributed by atoms with Gasteiger partial charge in [0.2, 0.25) is 0 Å². The number of anilines is 4. The summed E-state index contributed by atoms with van der Waals surface area (Å²) in [5.41, 5.74) is 14.2. The standard InChI is InChI=1S/C20H19ClN2O2.C13H12ClNO3.C7H9N/c1-12-5-3-4-6-16(12)23-20(25)14-7-8-15(21)18(11-14)22-17-9-10-19(24)13(17)2;1-7-10(4-5-12(7)16)15-11-6-8(13(17)18)2-3-9(11)14;1-6-4-2-3-5-7(6)8/h3-8,11,22H,9-10H2,1-2H3,(H,23,25);2-3,6,15H,4-5H2,1H3,(H,17,18);2-5H,8H2,1H3. The van der Waals surface area contributed by atoms with E-state index < -0.39 is 5.97 Å². The third kappa shape index (κ3) is 10.3. The molecule has 6 rings (SSSR count). The maximum atomic E-state index is 12.5. The molecule has 0 heterocycles. The van der Waals surface area contributed by atoms with Crippen molar-refractivity contribution in [1.82, 2.24) is 0 Å². The monoisotopic (exact) mass is 726 g/mol. The molecule has 0 bridgehead atoms. The van der Waals surface area contributed by atoms with Crippen LogP contribution in [0.2, 0.25) is 10.0 Å². The summed E-state index contributed by atoms with van der Waals surface area (Å²) in [5.74, 6) is -0.958. The molecular formula is C40H40Cl2N4O5. The first-order chi connectivity index (χ1) is 24.2. The summed E-state index contributed by atoms with van der Waals surface area (Å²) >= 11 is 12.2. The first-order valence-corrected chi connectivity index (χ1v) is 17.0. The second-order valence-electron chi connectivity index (χ2n) is 12.1. The molecule has 9 nitrogen and oxygen atoms in total. The van der Waals surface area contributed by atoms with Crippen molar-refractivity contribution in [1.29, 1.82) is 0 Å². The molecule has 0 aliphatic heterocycles. The molecule has 0 atom stereocenters. The Kier molecular flexibility index (Phi) is 13.2. The average molecular weight is 728 g/mol. The van der Waals surface area contributed by atoms with E-state index >= 15 is 0 Å². The molecule has 11 heteroatoms. The van der Waals surface area contributed by atoms with Crippen molar-refractivity contribution in [2.75, 3.05) is 21.7 Å². The lowest BCUT2D eigenvalue weighted by molar-refractivity contribution is -0.115. The summed E-state index contributed by atoms with van der Waals surface area (Å²) in [7, 11) is 0.